The van der Waals surface area contributed by atoms with Crippen LogP contribution in [0, 0.1) is 0 Å². The van der Waals surface area contributed by atoms with Crippen molar-refractivity contribution in [3.63, 3.8) is 0 Å². The number of carbonyl (C=O) groups excluding carboxylic acids is 2. The lowest BCUT2D eigenvalue weighted by molar-refractivity contribution is -0.181. The molecule has 1 aromatic rings. The van der Waals surface area contributed by atoms with Crippen molar-refractivity contribution >= 4 is 17.5 Å². The fraction of sp³-hybridized carbons (Fsp3) is 0.529. The van der Waals surface area contributed by atoms with Crippen LogP contribution in [0.1, 0.15) is 18.6 Å². The molecule has 1 aromatic carbocycles. The van der Waals surface area contributed by atoms with Crippen LogP contribution in [0.4, 0.5) is 5.69 Å². The highest BCUT2D eigenvalue weighted by Gasteiger charge is 2.72. The average Bonchev–Trinajstić information content (AvgIpc) is 3.10. The van der Waals surface area contributed by atoms with Crippen LogP contribution in [0.25, 0.3) is 0 Å². The van der Waals surface area contributed by atoms with Gasteiger partial charge in [-0.3, -0.25) is 14.5 Å². The summed E-state index contributed by atoms with van der Waals surface area (Å²) in [5.41, 5.74) is -1.49. The first-order valence-corrected chi connectivity index (χ1v) is 8.47. The lowest BCUT2D eigenvalue weighted by atomic mass is 9.87. The first kappa shape index (κ1) is 16.2. The smallest absolute Gasteiger partial charge is 0.282 e. The predicted octanol–water partition coefficient (Wildman–Crippen LogP) is -1.53. The van der Waals surface area contributed by atoms with Crippen LogP contribution in [-0.2, 0) is 19.1 Å². The van der Waals surface area contributed by atoms with E-state index < -0.39 is 54.1 Å². The molecule has 0 radical (unpaired) electrons. The van der Waals surface area contributed by atoms with Crippen LogP contribution >= 0.6 is 0 Å². The fourth-order valence-corrected chi connectivity index (χ4v) is 4.53. The van der Waals surface area contributed by atoms with Gasteiger partial charge in [0.2, 0.25) is 0 Å². The number of hydrogen-bond acceptors (Lipinski definition) is 7. The zero-order valence-electron chi connectivity index (χ0n) is 13.8. The topological polar surface area (TPSA) is 120 Å². The van der Waals surface area contributed by atoms with Gasteiger partial charge in [-0.1, -0.05) is 18.2 Å². The number of nitrogens with zero attached hydrogens (tertiary/aromatic N) is 2. The van der Waals surface area contributed by atoms with Crippen LogP contribution < -0.4 is 4.90 Å². The largest absolute Gasteiger partial charge is 0.387 e. The highest BCUT2D eigenvalue weighted by Crippen LogP contribution is 2.51. The van der Waals surface area contributed by atoms with Crippen molar-refractivity contribution in [2.45, 2.75) is 49.2 Å². The average molecular weight is 362 g/mol. The Morgan fingerprint density at radius 2 is 1.92 bits per heavy atom. The lowest BCUT2D eigenvalue weighted by Crippen LogP contribution is -2.75. The number of benzene rings is 1. The van der Waals surface area contributed by atoms with E-state index in [0.29, 0.717) is 5.56 Å². The number of fused-ring (bicyclic) bond motifs is 4. The first-order valence-electron chi connectivity index (χ1n) is 8.47. The van der Waals surface area contributed by atoms with Gasteiger partial charge in [0.05, 0.1) is 11.8 Å². The number of ether oxygens (including phenoxy) is 2. The number of aliphatic hydroxyl groups is 3. The summed E-state index contributed by atoms with van der Waals surface area (Å²) in [5, 5.41) is 31.9. The molecule has 9 heteroatoms. The van der Waals surface area contributed by atoms with Gasteiger partial charge in [-0.15, -0.1) is 0 Å². The summed E-state index contributed by atoms with van der Waals surface area (Å²) in [7, 11) is 0. The third kappa shape index (κ3) is 1.63. The molecule has 4 heterocycles. The zero-order chi connectivity index (χ0) is 18.4. The molecule has 138 valence electrons. The molecule has 7 atom stereocenters. The van der Waals surface area contributed by atoms with E-state index in [1.165, 1.54) is 4.90 Å². The van der Waals surface area contributed by atoms with Crippen molar-refractivity contribution in [3.8, 4) is 0 Å². The second-order valence-corrected chi connectivity index (χ2v) is 7.11. The minimum atomic E-state index is -2.13. The molecular formula is C17H18N2O7. The summed E-state index contributed by atoms with van der Waals surface area (Å²) >= 11 is 0. The van der Waals surface area contributed by atoms with E-state index in [4.69, 9.17) is 9.47 Å². The van der Waals surface area contributed by atoms with Crippen LogP contribution in [-0.4, -0.2) is 74.9 Å². The molecule has 2 bridgehead atoms. The zero-order valence-corrected chi connectivity index (χ0v) is 13.8. The Kier molecular flexibility index (Phi) is 3.12. The summed E-state index contributed by atoms with van der Waals surface area (Å²) in [4.78, 5) is 29.0. The summed E-state index contributed by atoms with van der Waals surface area (Å²) in [6.45, 7) is 1.59. The van der Waals surface area contributed by atoms with Gasteiger partial charge >= 0.3 is 0 Å². The van der Waals surface area contributed by atoms with Crippen molar-refractivity contribution in [1.82, 2.24) is 4.90 Å². The van der Waals surface area contributed by atoms with E-state index in [1.54, 1.807) is 31.2 Å². The van der Waals surface area contributed by atoms with Crippen molar-refractivity contribution in [3.05, 3.63) is 29.8 Å². The molecule has 3 saturated heterocycles. The Bertz CT molecular complexity index is 816. The molecule has 3 N–H and O–H groups in total. The van der Waals surface area contributed by atoms with E-state index >= 15 is 0 Å². The molecule has 2 amide bonds. The number of aliphatic hydroxyl groups excluding tert-OH is 3. The highest BCUT2D eigenvalue weighted by atomic mass is 16.6. The van der Waals surface area contributed by atoms with Gasteiger partial charge in [0, 0.05) is 5.56 Å². The van der Waals surface area contributed by atoms with Gasteiger partial charge in [0.15, 0.2) is 0 Å². The molecule has 1 spiro atoms. The molecular weight excluding hydrogens is 344 g/mol. The number of anilines is 1. The molecule has 26 heavy (non-hydrogen) atoms. The highest BCUT2D eigenvalue weighted by molar-refractivity contribution is 6.11. The van der Waals surface area contributed by atoms with Crippen LogP contribution in [0.3, 0.4) is 0 Å². The lowest BCUT2D eigenvalue weighted by Gasteiger charge is -2.48. The molecule has 3 fully saturated rings. The van der Waals surface area contributed by atoms with E-state index in [0.717, 1.165) is 4.90 Å². The number of para-hydroxylation sites is 1. The van der Waals surface area contributed by atoms with Crippen molar-refractivity contribution < 1.29 is 34.4 Å². The maximum absolute atomic E-state index is 13.4. The second-order valence-electron chi connectivity index (χ2n) is 7.11. The molecule has 4 aliphatic heterocycles. The maximum Gasteiger partial charge on any atom is 0.282 e. The SMILES string of the molecule is C[C@H]1OCN2C(=O)[C@@]34O[C@@H]([C@@H](O)[C@H]3O)[C@@H](O)c3ccccc3N4C(=O)[C@H]12. The predicted molar refractivity (Wildman–Crippen MR) is 84.6 cm³/mol. The van der Waals surface area contributed by atoms with E-state index in [9.17, 15) is 24.9 Å². The van der Waals surface area contributed by atoms with Crippen LogP contribution in [0.15, 0.2) is 24.3 Å². The van der Waals surface area contributed by atoms with E-state index in [-0.39, 0.29) is 12.4 Å². The molecule has 5 rings (SSSR count). The number of piperazine rings is 1. The number of rotatable bonds is 0. The Balaban J connectivity index is 1.80. The number of hydrogen-bond donors (Lipinski definition) is 3. The Morgan fingerprint density at radius 3 is 2.69 bits per heavy atom. The van der Waals surface area contributed by atoms with Gasteiger partial charge in [-0.25, -0.2) is 0 Å². The normalized spacial score (nSPS) is 43.8. The molecule has 0 unspecified atom stereocenters. The third-order valence-corrected chi connectivity index (χ3v) is 5.81. The molecule has 4 aliphatic rings. The Labute approximate surface area is 148 Å². The number of amides is 2. The van der Waals surface area contributed by atoms with Gasteiger partial charge in [-0.05, 0) is 13.0 Å². The van der Waals surface area contributed by atoms with Crippen molar-refractivity contribution in [2.75, 3.05) is 11.6 Å². The maximum atomic E-state index is 13.4. The monoisotopic (exact) mass is 362 g/mol. The Morgan fingerprint density at radius 1 is 1.19 bits per heavy atom. The molecule has 0 saturated carbocycles. The van der Waals surface area contributed by atoms with Gasteiger partial charge in [0.1, 0.15) is 37.2 Å². The number of carbonyl (C=O) groups is 2. The van der Waals surface area contributed by atoms with Gasteiger partial charge in [-0.2, -0.15) is 0 Å². The van der Waals surface area contributed by atoms with Crippen LogP contribution in [0.5, 0.6) is 0 Å². The van der Waals surface area contributed by atoms with Crippen LogP contribution in [0.2, 0.25) is 0 Å². The summed E-state index contributed by atoms with van der Waals surface area (Å²) in [5.74, 6) is -1.15. The van der Waals surface area contributed by atoms with Crippen molar-refractivity contribution in [2.24, 2.45) is 0 Å². The first-order chi connectivity index (χ1) is 12.4. The van der Waals surface area contributed by atoms with E-state index in [2.05, 4.69) is 0 Å². The minimum absolute atomic E-state index is 0.104. The van der Waals surface area contributed by atoms with Crippen molar-refractivity contribution in [1.29, 1.82) is 0 Å². The minimum Gasteiger partial charge on any atom is -0.387 e. The van der Waals surface area contributed by atoms with E-state index in [1.807, 2.05) is 0 Å². The molecule has 9 nitrogen and oxygen atoms in total. The Hall–Kier alpha value is -2.04. The van der Waals surface area contributed by atoms with Gasteiger partial charge < -0.3 is 29.7 Å². The summed E-state index contributed by atoms with van der Waals surface area (Å²) in [6.07, 6.45) is -6.31. The van der Waals surface area contributed by atoms with Gasteiger partial charge in [0.25, 0.3) is 17.5 Å². The standard InChI is InChI=1S/C17H18N2O7/c1-7-10-15(23)19-9-5-3-2-4-8(9)11(20)13-12(21)14(22)17(19,26-13)16(24)18(10)6-25-7/h2-5,7,10-14,20-22H,6H2,1H3/t7-,10+,11+,12-,13-,14-,17+/m1/s1. The fourth-order valence-electron chi connectivity index (χ4n) is 4.53. The summed E-state index contributed by atoms with van der Waals surface area (Å²) in [6, 6.07) is 5.68. The molecule has 0 aliphatic carbocycles. The quantitative estimate of drug-likeness (QED) is 0.512. The third-order valence-electron chi connectivity index (χ3n) is 5.81. The second kappa shape index (κ2) is 5.02. The molecule has 0 aromatic heterocycles. The summed E-state index contributed by atoms with van der Waals surface area (Å²) < 4.78 is 11.2.